The molecule has 1 N–H and O–H groups in total. The first-order valence-electron chi connectivity index (χ1n) is 6.55. The number of nitrogens with one attached hydrogen (secondary N) is 1. The summed E-state index contributed by atoms with van der Waals surface area (Å²) in [7, 11) is 0. The summed E-state index contributed by atoms with van der Waals surface area (Å²) in [4.78, 5) is 4.26. The summed E-state index contributed by atoms with van der Waals surface area (Å²) in [5.41, 5.74) is 0.785. The zero-order chi connectivity index (χ0) is 15.4. The molecule has 0 unspecified atom stereocenters. The van der Waals surface area contributed by atoms with Gasteiger partial charge in [-0.2, -0.15) is 4.98 Å². The number of anilines is 1. The molecule has 0 fully saturated rings. The molecule has 6 heteroatoms. The maximum Gasteiger partial charge on any atom is 0.240 e. The van der Waals surface area contributed by atoms with Gasteiger partial charge in [0.25, 0.3) is 0 Å². The smallest absolute Gasteiger partial charge is 0.240 e. The van der Waals surface area contributed by atoms with Gasteiger partial charge in [-0.15, -0.1) is 0 Å². The van der Waals surface area contributed by atoms with Gasteiger partial charge in [-0.3, -0.25) is 0 Å². The molecule has 0 saturated heterocycles. The Bertz CT molecular complexity index is 650. The van der Waals surface area contributed by atoms with Gasteiger partial charge >= 0.3 is 0 Å². The van der Waals surface area contributed by atoms with Crippen molar-refractivity contribution in [2.75, 3.05) is 11.9 Å². The Morgan fingerprint density at radius 1 is 1.24 bits per heavy atom. The van der Waals surface area contributed by atoms with Gasteiger partial charge in [0, 0.05) is 12.6 Å². The van der Waals surface area contributed by atoms with Crippen LogP contribution in [0.4, 0.5) is 10.2 Å². The summed E-state index contributed by atoms with van der Waals surface area (Å²) in [6, 6.07) is 5.84. The van der Waals surface area contributed by atoms with Crippen molar-refractivity contribution in [3.63, 3.8) is 0 Å². The van der Waals surface area contributed by atoms with E-state index < -0.39 is 0 Å². The Balaban J connectivity index is 2.32. The Kier molecular flexibility index (Phi) is 5.26. The summed E-state index contributed by atoms with van der Waals surface area (Å²) < 4.78 is 18.9. The van der Waals surface area contributed by atoms with Gasteiger partial charge in [0.05, 0.1) is 5.02 Å². The van der Waals surface area contributed by atoms with E-state index in [4.69, 9.17) is 27.9 Å². The molecule has 1 heterocycles. The lowest BCUT2D eigenvalue weighted by molar-refractivity contribution is 0.455. The molecule has 21 heavy (non-hydrogen) atoms. The molecule has 2 aromatic rings. The summed E-state index contributed by atoms with van der Waals surface area (Å²) in [6.07, 6.45) is 0.930. The minimum Gasteiger partial charge on any atom is -0.437 e. The van der Waals surface area contributed by atoms with Crippen LogP contribution in [0.1, 0.15) is 18.9 Å². The molecular formula is C15H15Cl2FN2O. The normalized spacial score (nSPS) is 10.5. The van der Waals surface area contributed by atoms with E-state index in [0.717, 1.165) is 18.5 Å². The van der Waals surface area contributed by atoms with Gasteiger partial charge in [-0.25, -0.2) is 4.39 Å². The van der Waals surface area contributed by atoms with Crippen molar-refractivity contribution in [1.29, 1.82) is 0 Å². The molecule has 0 aliphatic rings. The highest BCUT2D eigenvalue weighted by Crippen LogP contribution is 2.34. The molecule has 0 spiro atoms. The van der Waals surface area contributed by atoms with Gasteiger partial charge < -0.3 is 10.1 Å². The number of aromatic nitrogens is 1. The summed E-state index contributed by atoms with van der Waals surface area (Å²) in [5.74, 6) is 0.665. The van der Waals surface area contributed by atoms with Crippen molar-refractivity contribution in [3.05, 3.63) is 45.7 Å². The minimum absolute atomic E-state index is 0.188. The van der Waals surface area contributed by atoms with Crippen LogP contribution < -0.4 is 10.1 Å². The van der Waals surface area contributed by atoms with E-state index in [0.29, 0.717) is 16.6 Å². The van der Waals surface area contributed by atoms with Crippen molar-refractivity contribution in [2.45, 2.75) is 20.3 Å². The zero-order valence-corrected chi connectivity index (χ0v) is 13.2. The molecule has 112 valence electrons. The molecule has 0 aliphatic carbocycles. The third kappa shape index (κ3) is 3.99. The number of hydrogen-bond donors (Lipinski definition) is 1. The summed E-state index contributed by atoms with van der Waals surface area (Å²) in [6.45, 7) is 4.58. The molecule has 1 aromatic carbocycles. The highest BCUT2D eigenvalue weighted by Gasteiger charge is 2.12. The van der Waals surface area contributed by atoms with Crippen LogP contribution in [0, 0.1) is 12.7 Å². The van der Waals surface area contributed by atoms with Gasteiger partial charge in [-0.05, 0) is 31.0 Å². The predicted molar refractivity (Wildman–Crippen MR) is 84.2 cm³/mol. The minimum atomic E-state index is -0.384. The second-order valence-electron chi connectivity index (χ2n) is 4.54. The Hall–Kier alpha value is -1.52. The Morgan fingerprint density at radius 3 is 2.71 bits per heavy atom. The second-order valence-corrected chi connectivity index (χ2v) is 5.36. The number of benzene rings is 1. The summed E-state index contributed by atoms with van der Waals surface area (Å²) in [5, 5.41) is 3.77. The number of nitrogens with zero attached hydrogens (tertiary/aromatic N) is 1. The SMILES string of the molecule is CCCNc1nc(Oc2cc(F)ccc2C)c(Cl)cc1Cl. The van der Waals surface area contributed by atoms with E-state index in [9.17, 15) is 4.39 Å². The fourth-order valence-corrected chi connectivity index (χ4v) is 2.14. The number of rotatable bonds is 5. The van der Waals surface area contributed by atoms with Crippen LogP contribution in [0.25, 0.3) is 0 Å². The summed E-state index contributed by atoms with van der Waals surface area (Å²) >= 11 is 12.2. The quantitative estimate of drug-likeness (QED) is 0.792. The number of hydrogen-bond acceptors (Lipinski definition) is 3. The lowest BCUT2D eigenvalue weighted by Crippen LogP contribution is -2.04. The third-order valence-corrected chi connectivity index (χ3v) is 3.36. The molecule has 2 rings (SSSR count). The molecule has 1 aromatic heterocycles. The Morgan fingerprint density at radius 2 is 2.00 bits per heavy atom. The molecular weight excluding hydrogens is 314 g/mol. The fraction of sp³-hybridized carbons (Fsp3) is 0.267. The van der Waals surface area contributed by atoms with Crippen molar-refractivity contribution in [3.8, 4) is 11.6 Å². The maximum absolute atomic E-state index is 13.3. The van der Waals surface area contributed by atoms with Crippen molar-refractivity contribution < 1.29 is 9.13 Å². The lowest BCUT2D eigenvalue weighted by atomic mass is 10.2. The van der Waals surface area contributed by atoms with Crippen LogP contribution in [0.15, 0.2) is 24.3 Å². The van der Waals surface area contributed by atoms with Gasteiger partial charge in [0.1, 0.15) is 22.4 Å². The third-order valence-electron chi connectivity index (χ3n) is 2.80. The number of aryl methyl sites for hydroxylation is 1. The van der Waals surface area contributed by atoms with Crippen LogP contribution in [-0.2, 0) is 0 Å². The molecule has 3 nitrogen and oxygen atoms in total. The molecule has 0 atom stereocenters. The van der Waals surface area contributed by atoms with Crippen LogP contribution in [0.2, 0.25) is 10.0 Å². The molecule has 0 bridgehead atoms. The first kappa shape index (κ1) is 15.9. The number of pyridine rings is 1. The molecule has 0 radical (unpaired) electrons. The first-order valence-corrected chi connectivity index (χ1v) is 7.30. The number of ether oxygens (including phenoxy) is 1. The lowest BCUT2D eigenvalue weighted by Gasteiger charge is -2.12. The van der Waals surface area contributed by atoms with Crippen molar-refractivity contribution in [1.82, 2.24) is 4.98 Å². The Labute approximate surface area is 133 Å². The van der Waals surface area contributed by atoms with Crippen LogP contribution in [-0.4, -0.2) is 11.5 Å². The van der Waals surface area contributed by atoms with Gasteiger partial charge in [0.15, 0.2) is 0 Å². The second kappa shape index (κ2) is 6.96. The van der Waals surface area contributed by atoms with E-state index in [1.54, 1.807) is 12.1 Å². The van der Waals surface area contributed by atoms with E-state index in [-0.39, 0.29) is 16.7 Å². The standard InChI is InChI=1S/C15H15Cl2FN2O/c1-3-6-19-14-11(16)8-12(17)15(20-14)21-13-7-10(18)5-4-9(13)2/h4-5,7-8H,3,6H2,1-2H3,(H,19,20). The molecule has 0 saturated carbocycles. The topological polar surface area (TPSA) is 34.2 Å². The average molecular weight is 329 g/mol. The van der Waals surface area contributed by atoms with E-state index in [1.165, 1.54) is 12.1 Å². The predicted octanol–water partition coefficient (Wildman–Crippen LogP) is 5.45. The highest BCUT2D eigenvalue weighted by atomic mass is 35.5. The van der Waals surface area contributed by atoms with Crippen LogP contribution in [0.3, 0.4) is 0 Å². The monoisotopic (exact) mass is 328 g/mol. The van der Waals surface area contributed by atoms with E-state index in [2.05, 4.69) is 10.3 Å². The largest absolute Gasteiger partial charge is 0.437 e. The van der Waals surface area contributed by atoms with Crippen LogP contribution >= 0.6 is 23.2 Å². The van der Waals surface area contributed by atoms with E-state index >= 15 is 0 Å². The molecule has 0 aliphatic heterocycles. The van der Waals surface area contributed by atoms with E-state index in [1.807, 2.05) is 13.8 Å². The van der Waals surface area contributed by atoms with Crippen molar-refractivity contribution in [2.24, 2.45) is 0 Å². The zero-order valence-electron chi connectivity index (χ0n) is 11.7. The highest BCUT2D eigenvalue weighted by molar-refractivity contribution is 6.36. The average Bonchev–Trinajstić information content (AvgIpc) is 2.44. The first-order chi connectivity index (χ1) is 10.0. The van der Waals surface area contributed by atoms with Gasteiger partial charge in [-0.1, -0.05) is 36.2 Å². The fourth-order valence-electron chi connectivity index (χ4n) is 1.68. The van der Waals surface area contributed by atoms with Gasteiger partial charge in [0.2, 0.25) is 5.88 Å². The van der Waals surface area contributed by atoms with Crippen molar-refractivity contribution >= 4 is 29.0 Å². The number of halogens is 3. The van der Waals surface area contributed by atoms with Crippen LogP contribution in [0.5, 0.6) is 11.6 Å². The molecule has 0 amide bonds. The maximum atomic E-state index is 13.3.